The van der Waals surface area contributed by atoms with Crippen molar-refractivity contribution in [1.29, 1.82) is 0 Å². The topological polar surface area (TPSA) is 69.0 Å². The average Bonchev–Trinajstić information content (AvgIpc) is 3.05. The number of aryl methyl sites for hydroxylation is 2. The molecule has 0 bridgehead atoms. The molecule has 0 aliphatic heterocycles. The lowest BCUT2D eigenvalue weighted by atomic mass is 10.1. The van der Waals surface area contributed by atoms with Crippen molar-refractivity contribution < 1.29 is 9.53 Å². The van der Waals surface area contributed by atoms with Gasteiger partial charge in [0, 0.05) is 0 Å². The minimum absolute atomic E-state index is 0.158. The van der Waals surface area contributed by atoms with E-state index in [9.17, 15) is 4.79 Å². The van der Waals surface area contributed by atoms with Gasteiger partial charge in [-0.3, -0.25) is 4.79 Å². The first-order valence-electron chi connectivity index (χ1n) is 8.85. The molecule has 1 aromatic heterocycles. The molecule has 1 heterocycles. The molecule has 0 aliphatic rings. The molecule has 2 aromatic carbocycles. The molecule has 1 N–H and O–H groups in total. The summed E-state index contributed by atoms with van der Waals surface area (Å²) in [7, 11) is 1.63. The van der Waals surface area contributed by atoms with Gasteiger partial charge in [0.05, 0.1) is 24.5 Å². The van der Waals surface area contributed by atoms with E-state index in [1.54, 1.807) is 11.8 Å². The maximum absolute atomic E-state index is 12.7. The summed E-state index contributed by atoms with van der Waals surface area (Å²) in [5.74, 6) is 0.537. The van der Waals surface area contributed by atoms with Crippen LogP contribution in [0.2, 0.25) is 0 Å². The van der Waals surface area contributed by atoms with Gasteiger partial charge in [0.2, 0.25) is 0 Å². The van der Waals surface area contributed by atoms with Crippen molar-refractivity contribution in [3.8, 4) is 11.4 Å². The van der Waals surface area contributed by atoms with Gasteiger partial charge in [-0.2, -0.15) is 0 Å². The van der Waals surface area contributed by atoms with E-state index in [2.05, 4.69) is 29.5 Å². The summed E-state index contributed by atoms with van der Waals surface area (Å²) in [5.41, 5.74) is 5.30. The lowest BCUT2D eigenvalue weighted by Gasteiger charge is -2.14. The van der Waals surface area contributed by atoms with Crippen LogP contribution in [-0.2, 0) is 0 Å². The quantitative estimate of drug-likeness (QED) is 0.750. The predicted molar refractivity (Wildman–Crippen MR) is 104 cm³/mol. The highest BCUT2D eigenvalue weighted by atomic mass is 16.5. The average molecular weight is 364 g/mol. The third kappa shape index (κ3) is 3.84. The Morgan fingerprint density at radius 3 is 2.41 bits per heavy atom. The van der Waals surface area contributed by atoms with Crippen LogP contribution >= 0.6 is 0 Å². The molecule has 0 saturated carbocycles. The zero-order valence-corrected chi connectivity index (χ0v) is 16.3. The van der Waals surface area contributed by atoms with E-state index in [4.69, 9.17) is 4.74 Å². The largest absolute Gasteiger partial charge is 0.497 e. The van der Waals surface area contributed by atoms with Gasteiger partial charge in [0.1, 0.15) is 5.75 Å². The smallest absolute Gasteiger partial charge is 0.274 e. The first-order valence-corrected chi connectivity index (χ1v) is 8.85. The summed E-state index contributed by atoms with van der Waals surface area (Å²) in [6.45, 7) is 7.90. The second-order valence-electron chi connectivity index (χ2n) is 6.67. The molecule has 0 fully saturated rings. The van der Waals surface area contributed by atoms with E-state index in [0.717, 1.165) is 17.0 Å². The maximum atomic E-state index is 12.7. The number of nitrogens with one attached hydrogen (secondary N) is 1. The van der Waals surface area contributed by atoms with Gasteiger partial charge < -0.3 is 10.1 Å². The highest BCUT2D eigenvalue weighted by Crippen LogP contribution is 2.19. The summed E-state index contributed by atoms with van der Waals surface area (Å²) in [4.78, 5) is 12.7. The van der Waals surface area contributed by atoms with Crippen LogP contribution in [0.1, 0.15) is 45.8 Å². The van der Waals surface area contributed by atoms with Crippen molar-refractivity contribution in [2.45, 2.75) is 33.7 Å². The number of benzene rings is 2. The molecule has 1 atom stereocenters. The number of methoxy groups -OCH3 is 1. The van der Waals surface area contributed by atoms with E-state index in [0.29, 0.717) is 11.4 Å². The molecular formula is C21H24N4O2. The number of hydrogen-bond donors (Lipinski definition) is 1. The maximum Gasteiger partial charge on any atom is 0.274 e. The van der Waals surface area contributed by atoms with E-state index >= 15 is 0 Å². The molecular weight excluding hydrogens is 340 g/mol. The van der Waals surface area contributed by atoms with E-state index in [1.165, 1.54) is 11.1 Å². The number of nitrogens with zero attached hydrogens (tertiary/aromatic N) is 3. The fraction of sp³-hybridized carbons (Fsp3) is 0.286. The Bertz CT molecular complexity index is 961. The molecule has 3 aromatic rings. The number of rotatable bonds is 5. The third-order valence-electron chi connectivity index (χ3n) is 4.81. The Morgan fingerprint density at radius 1 is 1.07 bits per heavy atom. The van der Waals surface area contributed by atoms with Gasteiger partial charge in [-0.1, -0.05) is 23.4 Å². The monoisotopic (exact) mass is 364 g/mol. The summed E-state index contributed by atoms with van der Waals surface area (Å²) in [6.07, 6.45) is 0. The van der Waals surface area contributed by atoms with Crippen LogP contribution in [0.5, 0.6) is 5.75 Å². The van der Waals surface area contributed by atoms with Crippen LogP contribution in [0.4, 0.5) is 0 Å². The van der Waals surface area contributed by atoms with Crippen LogP contribution in [0.25, 0.3) is 5.69 Å². The third-order valence-corrected chi connectivity index (χ3v) is 4.81. The zero-order valence-electron chi connectivity index (χ0n) is 16.3. The summed E-state index contributed by atoms with van der Waals surface area (Å²) < 4.78 is 6.86. The van der Waals surface area contributed by atoms with Crippen LogP contribution in [0.3, 0.4) is 0 Å². The second kappa shape index (κ2) is 7.61. The van der Waals surface area contributed by atoms with Crippen LogP contribution in [0.15, 0.2) is 42.5 Å². The van der Waals surface area contributed by atoms with E-state index in [1.807, 2.05) is 56.3 Å². The summed E-state index contributed by atoms with van der Waals surface area (Å²) in [5, 5.41) is 11.2. The van der Waals surface area contributed by atoms with Crippen LogP contribution in [0, 0.1) is 20.8 Å². The van der Waals surface area contributed by atoms with Crippen molar-refractivity contribution in [2.24, 2.45) is 0 Å². The van der Waals surface area contributed by atoms with Gasteiger partial charge in [-0.05, 0) is 68.7 Å². The van der Waals surface area contributed by atoms with Gasteiger partial charge >= 0.3 is 0 Å². The molecule has 0 spiro atoms. The molecule has 1 amide bonds. The highest BCUT2D eigenvalue weighted by Gasteiger charge is 2.19. The molecule has 6 nitrogen and oxygen atoms in total. The van der Waals surface area contributed by atoms with E-state index < -0.39 is 0 Å². The van der Waals surface area contributed by atoms with Crippen molar-refractivity contribution in [1.82, 2.24) is 20.3 Å². The fourth-order valence-corrected chi connectivity index (χ4v) is 2.88. The summed E-state index contributed by atoms with van der Waals surface area (Å²) in [6, 6.07) is 13.5. The number of carbonyl (C=O) groups is 1. The number of ether oxygens (including phenoxy) is 1. The molecule has 0 radical (unpaired) electrons. The van der Waals surface area contributed by atoms with Gasteiger partial charge in [0.15, 0.2) is 5.69 Å². The number of aromatic nitrogens is 3. The highest BCUT2D eigenvalue weighted by molar-refractivity contribution is 5.93. The SMILES string of the molecule is COc1ccc([C@H](C)NC(=O)c2nnn(-c3ccc(C)c(C)c3)c2C)cc1. The standard InChI is InChI=1S/C21H24N4O2/c1-13-6-9-18(12-14(13)2)25-16(4)20(23-24-25)21(26)22-15(3)17-7-10-19(27-5)11-8-17/h6-12,15H,1-5H3,(H,22,26)/t15-/m0/s1. The van der Waals surface area contributed by atoms with Crippen molar-refractivity contribution >= 4 is 5.91 Å². The lowest BCUT2D eigenvalue weighted by molar-refractivity contribution is 0.0934. The Labute approximate surface area is 159 Å². The molecule has 0 aliphatic carbocycles. The minimum atomic E-state index is -0.245. The minimum Gasteiger partial charge on any atom is -0.497 e. The van der Waals surface area contributed by atoms with Crippen LogP contribution < -0.4 is 10.1 Å². The molecule has 0 saturated heterocycles. The first-order chi connectivity index (χ1) is 12.9. The Kier molecular flexibility index (Phi) is 5.26. The number of hydrogen-bond acceptors (Lipinski definition) is 4. The van der Waals surface area contributed by atoms with E-state index in [-0.39, 0.29) is 11.9 Å². The van der Waals surface area contributed by atoms with Crippen molar-refractivity contribution in [2.75, 3.05) is 7.11 Å². The van der Waals surface area contributed by atoms with Crippen molar-refractivity contribution in [3.63, 3.8) is 0 Å². The predicted octanol–water partition coefficient (Wildman–Crippen LogP) is 3.69. The second-order valence-corrected chi connectivity index (χ2v) is 6.67. The molecule has 27 heavy (non-hydrogen) atoms. The van der Waals surface area contributed by atoms with Gasteiger partial charge in [-0.25, -0.2) is 4.68 Å². The Balaban J connectivity index is 1.78. The Hall–Kier alpha value is -3.15. The van der Waals surface area contributed by atoms with Gasteiger partial charge in [-0.15, -0.1) is 5.10 Å². The molecule has 140 valence electrons. The van der Waals surface area contributed by atoms with Gasteiger partial charge in [0.25, 0.3) is 5.91 Å². The fourth-order valence-electron chi connectivity index (χ4n) is 2.88. The normalized spacial score (nSPS) is 11.9. The first kappa shape index (κ1) is 18.6. The molecule has 3 rings (SSSR count). The number of amides is 1. The molecule has 6 heteroatoms. The van der Waals surface area contributed by atoms with Crippen molar-refractivity contribution in [3.05, 3.63) is 70.5 Å². The molecule has 0 unspecified atom stereocenters. The number of carbonyl (C=O) groups excluding carboxylic acids is 1. The lowest BCUT2D eigenvalue weighted by Crippen LogP contribution is -2.27. The Morgan fingerprint density at radius 2 is 1.78 bits per heavy atom. The van der Waals surface area contributed by atoms with Crippen LogP contribution in [-0.4, -0.2) is 28.0 Å². The summed E-state index contributed by atoms with van der Waals surface area (Å²) >= 11 is 0. The zero-order chi connectivity index (χ0) is 19.6.